The van der Waals surface area contributed by atoms with E-state index in [1.807, 2.05) is 12.1 Å². The molecule has 17 heavy (non-hydrogen) atoms. The number of carbonyl (C=O) groups excluding carboxylic acids is 1. The van der Waals surface area contributed by atoms with Crippen molar-refractivity contribution in [2.75, 3.05) is 0 Å². The average molecular weight is 358 g/mol. The molecule has 0 radical (unpaired) electrons. The summed E-state index contributed by atoms with van der Waals surface area (Å²) >= 11 is 6.90. The maximum atomic E-state index is 12.0. The van der Waals surface area contributed by atoms with Gasteiger partial charge in [0.1, 0.15) is 0 Å². The third-order valence-electron chi connectivity index (χ3n) is 2.88. The van der Waals surface area contributed by atoms with Crippen molar-refractivity contribution in [3.63, 3.8) is 0 Å². The highest BCUT2D eigenvalue weighted by molar-refractivity contribution is 9.13. The van der Waals surface area contributed by atoms with Gasteiger partial charge in [0.2, 0.25) is 0 Å². The number of aromatic amines is 1. The van der Waals surface area contributed by atoms with Gasteiger partial charge in [-0.1, -0.05) is 0 Å². The van der Waals surface area contributed by atoms with Gasteiger partial charge in [-0.3, -0.25) is 4.79 Å². The van der Waals surface area contributed by atoms with Crippen LogP contribution in [0.1, 0.15) is 23.2 Å². The minimum absolute atomic E-state index is 0.00738. The molecule has 0 unspecified atom stereocenters. The van der Waals surface area contributed by atoms with Gasteiger partial charge in [-0.25, -0.2) is 0 Å². The van der Waals surface area contributed by atoms with Gasteiger partial charge >= 0.3 is 0 Å². The summed E-state index contributed by atoms with van der Waals surface area (Å²) in [4.78, 5) is 15.1. The third-order valence-corrected chi connectivity index (χ3v) is 4.72. The monoisotopic (exact) mass is 356 g/mol. The van der Waals surface area contributed by atoms with E-state index in [1.165, 1.54) is 0 Å². The molecule has 88 valence electrons. The molecule has 3 nitrogen and oxygen atoms in total. The zero-order chi connectivity index (χ0) is 12.0. The number of carbonyl (C=O) groups is 1. The maximum absolute atomic E-state index is 12.0. The fourth-order valence-corrected chi connectivity index (χ4v) is 2.48. The Labute approximate surface area is 115 Å². The van der Waals surface area contributed by atoms with Crippen LogP contribution in [0.25, 0.3) is 10.9 Å². The molecule has 1 amide bonds. The van der Waals surface area contributed by atoms with Crippen molar-refractivity contribution in [1.82, 2.24) is 10.3 Å². The van der Waals surface area contributed by atoms with Crippen LogP contribution < -0.4 is 5.32 Å². The Balaban J connectivity index is 2.04. The van der Waals surface area contributed by atoms with Gasteiger partial charge in [-0.2, -0.15) is 0 Å². The maximum Gasteiger partial charge on any atom is 0.253 e. The summed E-state index contributed by atoms with van der Waals surface area (Å²) in [6.45, 7) is 0. The SMILES string of the molecule is O=C(NC1CC1)c1c[nH]c2cc(Br)c(Br)cc12. The molecule has 0 aliphatic heterocycles. The zero-order valence-corrected chi connectivity index (χ0v) is 12.1. The van der Waals surface area contributed by atoms with E-state index in [4.69, 9.17) is 0 Å². The van der Waals surface area contributed by atoms with Crippen LogP contribution in [0.5, 0.6) is 0 Å². The van der Waals surface area contributed by atoms with E-state index in [0.717, 1.165) is 32.7 Å². The van der Waals surface area contributed by atoms with Crippen molar-refractivity contribution in [3.8, 4) is 0 Å². The Bertz CT molecular complexity index is 602. The molecule has 1 aromatic heterocycles. The van der Waals surface area contributed by atoms with Crippen molar-refractivity contribution in [2.45, 2.75) is 18.9 Å². The largest absolute Gasteiger partial charge is 0.360 e. The smallest absolute Gasteiger partial charge is 0.253 e. The number of H-pyrrole nitrogens is 1. The predicted molar refractivity (Wildman–Crippen MR) is 74.2 cm³/mol. The molecule has 0 bridgehead atoms. The van der Waals surface area contributed by atoms with Gasteiger partial charge in [0.25, 0.3) is 5.91 Å². The Hall–Kier alpha value is -0.810. The first-order chi connectivity index (χ1) is 8.15. The summed E-state index contributed by atoms with van der Waals surface area (Å²) < 4.78 is 1.92. The van der Waals surface area contributed by atoms with Gasteiger partial charge in [0, 0.05) is 32.1 Å². The van der Waals surface area contributed by atoms with E-state index < -0.39 is 0 Å². The number of benzene rings is 1. The molecule has 2 aromatic rings. The first-order valence-electron chi connectivity index (χ1n) is 5.42. The van der Waals surface area contributed by atoms with Gasteiger partial charge in [-0.15, -0.1) is 0 Å². The molecular weight excluding hydrogens is 348 g/mol. The van der Waals surface area contributed by atoms with Crippen LogP contribution in [0.15, 0.2) is 27.3 Å². The molecule has 1 fully saturated rings. The average Bonchev–Trinajstić information content (AvgIpc) is 3.00. The molecule has 1 aliphatic rings. The number of fused-ring (bicyclic) bond motifs is 1. The van der Waals surface area contributed by atoms with E-state index in [9.17, 15) is 4.79 Å². The van der Waals surface area contributed by atoms with Crippen LogP contribution in [0.4, 0.5) is 0 Å². The van der Waals surface area contributed by atoms with E-state index in [2.05, 4.69) is 42.2 Å². The highest BCUT2D eigenvalue weighted by Gasteiger charge is 2.25. The van der Waals surface area contributed by atoms with E-state index in [-0.39, 0.29) is 5.91 Å². The molecule has 0 saturated heterocycles. The summed E-state index contributed by atoms with van der Waals surface area (Å²) in [5.74, 6) is 0.00738. The molecule has 0 spiro atoms. The summed E-state index contributed by atoms with van der Waals surface area (Å²) in [5, 5.41) is 3.94. The molecule has 1 aromatic carbocycles. The molecule has 5 heteroatoms. The Kier molecular flexibility index (Phi) is 2.75. The van der Waals surface area contributed by atoms with Crippen molar-refractivity contribution in [3.05, 3.63) is 32.8 Å². The van der Waals surface area contributed by atoms with Crippen molar-refractivity contribution in [1.29, 1.82) is 0 Å². The predicted octanol–water partition coefficient (Wildman–Crippen LogP) is 3.59. The highest BCUT2D eigenvalue weighted by Crippen LogP contribution is 2.30. The Morgan fingerprint density at radius 2 is 2.00 bits per heavy atom. The first-order valence-corrected chi connectivity index (χ1v) is 7.01. The van der Waals surface area contributed by atoms with E-state index in [0.29, 0.717) is 11.6 Å². The van der Waals surface area contributed by atoms with Crippen molar-refractivity contribution in [2.24, 2.45) is 0 Å². The minimum Gasteiger partial charge on any atom is -0.360 e. The summed E-state index contributed by atoms with van der Waals surface area (Å²) in [6, 6.07) is 4.30. The number of aromatic nitrogens is 1. The Morgan fingerprint density at radius 1 is 1.29 bits per heavy atom. The lowest BCUT2D eigenvalue weighted by molar-refractivity contribution is 0.0953. The number of nitrogens with one attached hydrogen (secondary N) is 2. The van der Waals surface area contributed by atoms with Crippen molar-refractivity contribution < 1.29 is 4.79 Å². The minimum atomic E-state index is 0.00738. The van der Waals surface area contributed by atoms with Crippen LogP contribution in [0, 0.1) is 0 Å². The number of hydrogen-bond acceptors (Lipinski definition) is 1. The van der Waals surface area contributed by atoms with Crippen LogP contribution in [0.2, 0.25) is 0 Å². The number of halogens is 2. The molecule has 1 heterocycles. The second kappa shape index (κ2) is 4.14. The third kappa shape index (κ3) is 2.13. The normalized spacial score (nSPS) is 15.2. The van der Waals surface area contributed by atoms with Gasteiger partial charge < -0.3 is 10.3 Å². The standard InChI is InChI=1S/C12H10Br2N2O/c13-9-3-7-8(12(17)16-6-1-2-6)5-15-11(7)4-10(9)14/h3-6,15H,1-2H2,(H,16,17). The number of hydrogen-bond donors (Lipinski definition) is 2. The second-order valence-electron chi connectivity index (χ2n) is 4.26. The number of amides is 1. The highest BCUT2D eigenvalue weighted by atomic mass is 79.9. The molecule has 1 aliphatic carbocycles. The van der Waals surface area contributed by atoms with Crippen LogP contribution in [-0.4, -0.2) is 16.9 Å². The lowest BCUT2D eigenvalue weighted by Crippen LogP contribution is -2.25. The quantitative estimate of drug-likeness (QED) is 0.847. The van der Waals surface area contributed by atoms with Crippen LogP contribution in [-0.2, 0) is 0 Å². The van der Waals surface area contributed by atoms with Gasteiger partial charge in [-0.05, 0) is 56.8 Å². The summed E-state index contributed by atoms with van der Waals surface area (Å²) in [5.41, 5.74) is 1.67. The van der Waals surface area contributed by atoms with Crippen molar-refractivity contribution >= 4 is 48.7 Å². The molecule has 0 atom stereocenters. The first kappa shape index (κ1) is 11.3. The molecule has 3 rings (SSSR count). The van der Waals surface area contributed by atoms with Crippen LogP contribution >= 0.6 is 31.9 Å². The lowest BCUT2D eigenvalue weighted by Gasteiger charge is -2.02. The van der Waals surface area contributed by atoms with Gasteiger partial charge in [0.05, 0.1) is 5.56 Å². The van der Waals surface area contributed by atoms with E-state index in [1.54, 1.807) is 6.20 Å². The van der Waals surface area contributed by atoms with Crippen LogP contribution in [0.3, 0.4) is 0 Å². The number of rotatable bonds is 2. The zero-order valence-electron chi connectivity index (χ0n) is 8.89. The fourth-order valence-electron chi connectivity index (χ4n) is 1.80. The summed E-state index contributed by atoms with van der Waals surface area (Å²) in [6.07, 6.45) is 3.97. The molecule has 2 N–H and O–H groups in total. The topological polar surface area (TPSA) is 44.9 Å². The molecular formula is C12H10Br2N2O. The molecule has 1 saturated carbocycles. The summed E-state index contributed by atoms with van der Waals surface area (Å²) in [7, 11) is 0. The van der Waals surface area contributed by atoms with Gasteiger partial charge in [0.15, 0.2) is 0 Å². The second-order valence-corrected chi connectivity index (χ2v) is 5.97. The lowest BCUT2D eigenvalue weighted by atomic mass is 10.1. The Morgan fingerprint density at radius 3 is 2.71 bits per heavy atom. The fraction of sp³-hybridized carbons (Fsp3) is 0.250. The van der Waals surface area contributed by atoms with E-state index >= 15 is 0 Å².